The maximum atomic E-state index is 13.2. The van der Waals surface area contributed by atoms with Crippen molar-refractivity contribution in [1.29, 1.82) is 0 Å². The van der Waals surface area contributed by atoms with Crippen LogP contribution in [-0.2, 0) is 4.79 Å². The van der Waals surface area contributed by atoms with E-state index in [0.717, 1.165) is 37.0 Å². The van der Waals surface area contributed by atoms with E-state index in [1.165, 1.54) is 19.3 Å². The van der Waals surface area contributed by atoms with Gasteiger partial charge in [0.25, 0.3) is 5.91 Å². The number of nitrogens with one attached hydrogen (secondary N) is 2. The molecule has 4 aliphatic rings. The van der Waals surface area contributed by atoms with Crippen LogP contribution in [0.5, 0.6) is 5.75 Å². The molecule has 0 aromatic heterocycles. The normalized spacial score (nSPS) is 31.5. The Morgan fingerprint density at radius 1 is 1.00 bits per heavy atom. The van der Waals surface area contributed by atoms with Crippen LogP contribution in [0, 0.1) is 23.7 Å². The molecule has 28 heavy (non-hydrogen) atoms. The van der Waals surface area contributed by atoms with Gasteiger partial charge in [0.2, 0.25) is 5.91 Å². The summed E-state index contributed by atoms with van der Waals surface area (Å²) in [6.07, 6.45) is 7.37. The molecule has 152 valence electrons. The van der Waals surface area contributed by atoms with Crippen molar-refractivity contribution in [3.63, 3.8) is 0 Å². The Balaban J connectivity index is 1.44. The van der Waals surface area contributed by atoms with E-state index in [0.29, 0.717) is 11.3 Å². The number of amides is 2. The van der Waals surface area contributed by atoms with Crippen molar-refractivity contribution in [2.45, 2.75) is 64.0 Å². The Bertz CT molecular complexity index is 705. The molecular weight excluding hydrogens is 352 g/mol. The van der Waals surface area contributed by atoms with E-state index in [4.69, 9.17) is 4.74 Å². The zero-order valence-corrected chi connectivity index (χ0v) is 17.2. The van der Waals surface area contributed by atoms with Gasteiger partial charge < -0.3 is 15.4 Å². The molecule has 4 fully saturated rings. The van der Waals surface area contributed by atoms with Crippen molar-refractivity contribution in [3.8, 4) is 5.75 Å². The van der Waals surface area contributed by atoms with Crippen LogP contribution in [0.2, 0.25) is 0 Å². The molecule has 4 aliphatic carbocycles. The van der Waals surface area contributed by atoms with E-state index in [1.54, 1.807) is 31.4 Å². The first kappa shape index (κ1) is 19.3. The topological polar surface area (TPSA) is 67.4 Å². The summed E-state index contributed by atoms with van der Waals surface area (Å²) in [5, 5.41) is 6.37. The molecule has 0 heterocycles. The predicted octanol–water partition coefficient (Wildman–Crippen LogP) is 3.53. The predicted molar refractivity (Wildman–Crippen MR) is 108 cm³/mol. The Hall–Kier alpha value is -2.04. The quantitative estimate of drug-likeness (QED) is 0.788. The van der Waals surface area contributed by atoms with Gasteiger partial charge in [0.1, 0.15) is 11.8 Å². The lowest BCUT2D eigenvalue weighted by Gasteiger charge is -2.57. The summed E-state index contributed by atoms with van der Waals surface area (Å²) in [6.45, 7) is 3.97. The third kappa shape index (κ3) is 3.76. The van der Waals surface area contributed by atoms with Crippen molar-refractivity contribution in [2.75, 3.05) is 7.11 Å². The van der Waals surface area contributed by atoms with Gasteiger partial charge in [-0.15, -0.1) is 0 Å². The molecule has 1 aromatic carbocycles. The first-order valence-electron chi connectivity index (χ1n) is 10.6. The molecular formula is C23H32N2O3. The van der Waals surface area contributed by atoms with Crippen LogP contribution in [0.4, 0.5) is 0 Å². The lowest BCUT2D eigenvalue weighted by atomic mass is 9.53. The third-order valence-electron chi connectivity index (χ3n) is 7.01. The zero-order valence-electron chi connectivity index (χ0n) is 17.2. The van der Waals surface area contributed by atoms with Crippen LogP contribution < -0.4 is 15.4 Å². The van der Waals surface area contributed by atoms with Crippen molar-refractivity contribution >= 4 is 11.8 Å². The summed E-state index contributed by atoms with van der Waals surface area (Å²) in [5.41, 5.74) is 0.498. The molecule has 1 atom stereocenters. The van der Waals surface area contributed by atoms with Crippen LogP contribution in [-0.4, -0.2) is 30.5 Å². The highest BCUT2D eigenvalue weighted by Gasteiger charge is 2.52. The molecule has 0 aliphatic heterocycles. The molecule has 2 amide bonds. The molecule has 5 heteroatoms. The highest BCUT2D eigenvalue weighted by atomic mass is 16.5. The van der Waals surface area contributed by atoms with E-state index < -0.39 is 6.04 Å². The molecule has 0 radical (unpaired) electrons. The molecule has 1 aromatic rings. The first-order valence-corrected chi connectivity index (χ1v) is 10.6. The Labute approximate surface area is 167 Å². The molecule has 0 spiro atoms. The van der Waals surface area contributed by atoms with Crippen LogP contribution in [0.15, 0.2) is 24.3 Å². The van der Waals surface area contributed by atoms with Crippen LogP contribution >= 0.6 is 0 Å². The third-order valence-corrected chi connectivity index (χ3v) is 7.01. The number of benzene rings is 1. The largest absolute Gasteiger partial charge is 0.497 e. The van der Waals surface area contributed by atoms with Crippen molar-refractivity contribution in [2.24, 2.45) is 23.7 Å². The van der Waals surface area contributed by atoms with Gasteiger partial charge in [-0.1, -0.05) is 13.8 Å². The molecule has 4 bridgehead atoms. The molecule has 5 nitrogen and oxygen atoms in total. The summed E-state index contributed by atoms with van der Waals surface area (Å²) in [4.78, 5) is 25.9. The monoisotopic (exact) mass is 384 g/mol. The minimum Gasteiger partial charge on any atom is -0.497 e. The lowest BCUT2D eigenvalue weighted by molar-refractivity contribution is -0.129. The van der Waals surface area contributed by atoms with E-state index in [1.807, 2.05) is 13.8 Å². The van der Waals surface area contributed by atoms with E-state index in [2.05, 4.69) is 10.6 Å². The van der Waals surface area contributed by atoms with Gasteiger partial charge in [0.05, 0.1) is 7.11 Å². The number of ether oxygens (including phenoxy) is 1. The van der Waals surface area contributed by atoms with Crippen molar-refractivity contribution in [1.82, 2.24) is 10.6 Å². The Morgan fingerprint density at radius 3 is 2.00 bits per heavy atom. The van der Waals surface area contributed by atoms with Crippen LogP contribution in [0.3, 0.4) is 0 Å². The van der Waals surface area contributed by atoms with Crippen LogP contribution in [0.1, 0.15) is 62.7 Å². The lowest BCUT2D eigenvalue weighted by Crippen LogP contribution is -2.63. The Morgan fingerprint density at radius 2 is 1.54 bits per heavy atom. The van der Waals surface area contributed by atoms with Gasteiger partial charge in [0, 0.05) is 11.1 Å². The average molecular weight is 385 g/mol. The smallest absolute Gasteiger partial charge is 0.251 e. The van der Waals surface area contributed by atoms with Gasteiger partial charge in [-0.05, 0) is 86.5 Å². The zero-order chi connectivity index (χ0) is 19.9. The molecule has 0 unspecified atom stereocenters. The summed E-state index contributed by atoms with van der Waals surface area (Å²) >= 11 is 0. The second kappa shape index (κ2) is 7.41. The molecule has 5 rings (SSSR count). The summed E-state index contributed by atoms with van der Waals surface area (Å²) in [5.74, 6) is 2.81. The minimum atomic E-state index is -0.525. The van der Waals surface area contributed by atoms with Gasteiger partial charge in [0.15, 0.2) is 0 Å². The van der Waals surface area contributed by atoms with Gasteiger partial charge >= 0.3 is 0 Å². The fourth-order valence-corrected chi connectivity index (χ4v) is 6.10. The molecule has 2 N–H and O–H groups in total. The first-order chi connectivity index (χ1) is 13.4. The Kier molecular flexibility index (Phi) is 5.11. The number of hydrogen-bond donors (Lipinski definition) is 2. The highest BCUT2D eigenvalue weighted by Crippen LogP contribution is 2.55. The van der Waals surface area contributed by atoms with E-state index in [9.17, 15) is 9.59 Å². The van der Waals surface area contributed by atoms with Crippen molar-refractivity contribution in [3.05, 3.63) is 29.8 Å². The van der Waals surface area contributed by atoms with Gasteiger partial charge in [-0.25, -0.2) is 0 Å². The minimum absolute atomic E-state index is 0.0242. The molecule has 4 saturated carbocycles. The SMILES string of the molecule is COc1ccc(C(=O)N[C@H](C(=O)NC23CC4CC(CC(C4)C2)C3)C(C)C)cc1. The fourth-order valence-electron chi connectivity index (χ4n) is 6.10. The highest BCUT2D eigenvalue weighted by molar-refractivity contribution is 5.97. The standard InChI is InChI=1S/C23H32N2O3/c1-14(2)20(24-21(26)18-4-6-19(28-3)7-5-18)22(27)25-23-11-15-8-16(12-23)10-17(9-15)13-23/h4-7,14-17,20H,8-13H2,1-3H3,(H,24,26)(H,25,27)/t15?,16?,17?,20-,23?/m0/s1. The average Bonchev–Trinajstić information content (AvgIpc) is 2.64. The fraction of sp³-hybridized carbons (Fsp3) is 0.652. The maximum absolute atomic E-state index is 13.2. The number of carbonyl (C=O) groups excluding carboxylic acids is 2. The number of carbonyl (C=O) groups is 2. The second-order valence-corrected chi connectivity index (χ2v) is 9.61. The van der Waals surface area contributed by atoms with Crippen LogP contribution in [0.25, 0.3) is 0 Å². The summed E-state index contributed by atoms with van der Waals surface area (Å²) < 4.78 is 5.14. The number of hydrogen-bond acceptors (Lipinski definition) is 3. The summed E-state index contributed by atoms with van der Waals surface area (Å²) in [7, 11) is 1.60. The molecule has 0 saturated heterocycles. The summed E-state index contributed by atoms with van der Waals surface area (Å²) in [6, 6.07) is 6.44. The number of rotatable bonds is 6. The van der Waals surface area contributed by atoms with Crippen molar-refractivity contribution < 1.29 is 14.3 Å². The number of methoxy groups -OCH3 is 1. The maximum Gasteiger partial charge on any atom is 0.251 e. The van der Waals surface area contributed by atoms with Gasteiger partial charge in [-0.2, -0.15) is 0 Å². The van der Waals surface area contributed by atoms with Gasteiger partial charge in [-0.3, -0.25) is 9.59 Å². The van der Waals surface area contributed by atoms with E-state index in [-0.39, 0.29) is 23.3 Å². The second-order valence-electron chi connectivity index (χ2n) is 9.61. The van der Waals surface area contributed by atoms with E-state index >= 15 is 0 Å².